The van der Waals surface area contributed by atoms with Crippen LogP contribution in [0.3, 0.4) is 0 Å². The van der Waals surface area contributed by atoms with Gasteiger partial charge in [0, 0.05) is 38.8 Å². The van der Waals surface area contributed by atoms with Crippen LogP contribution >= 0.6 is 24.0 Å². The van der Waals surface area contributed by atoms with Gasteiger partial charge < -0.3 is 20.9 Å². The van der Waals surface area contributed by atoms with Gasteiger partial charge in [-0.3, -0.25) is 9.59 Å². The largest absolute Gasteiger partial charge is 0.359 e. The van der Waals surface area contributed by atoms with Gasteiger partial charge in [-0.15, -0.1) is 24.0 Å². The van der Waals surface area contributed by atoms with E-state index in [1.165, 1.54) is 12.1 Å². The first-order valence-corrected chi connectivity index (χ1v) is 9.31. The summed E-state index contributed by atoms with van der Waals surface area (Å²) >= 11 is 0. The van der Waals surface area contributed by atoms with Crippen molar-refractivity contribution in [3.05, 3.63) is 30.1 Å². The molecule has 1 aliphatic heterocycles. The standard InChI is InChI=1S/C19H28FN5O2.HI/c1-3-22-19(25-9-7-14(8-10-25)11-17(26)21-2)23-13-18(27)24-16-6-4-5-15(20)12-16;/h4-6,12,14H,3,7-11,13H2,1-2H3,(H,21,26)(H,22,23)(H,24,27);1H. The van der Waals surface area contributed by atoms with Gasteiger partial charge in [0.15, 0.2) is 5.96 Å². The summed E-state index contributed by atoms with van der Waals surface area (Å²) in [6.07, 6.45) is 2.37. The van der Waals surface area contributed by atoms with Gasteiger partial charge in [0.05, 0.1) is 0 Å². The van der Waals surface area contributed by atoms with Crippen molar-refractivity contribution in [2.75, 3.05) is 38.5 Å². The fraction of sp³-hybridized carbons (Fsp3) is 0.526. The summed E-state index contributed by atoms with van der Waals surface area (Å²) in [5.41, 5.74) is 0.412. The molecule has 0 bridgehead atoms. The van der Waals surface area contributed by atoms with Crippen molar-refractivity contribution in [3.8, 4) is 0 Å². The minimum Gasteiger partial charge on any atom is -0.359 e. The molecule has 1 saturated heterocycles. The Hall–Kier alpha value is -1.91. The van der Waals surface area contributed by atoms with Crippen molar-refractivity contribution in [1.29, 1.82) is 0 Å². The van der Waals surface area contributed by atoms with Gasteiger partial charge in [-0.05, 0) is 43.9 Å². The highest BCUT2D eigenvalue weighted by molar-refractivity contribution is 14.0. The van der Waals surface area contributed by atoms with E-state index < -0.39 is 5.82 Å². The van der Waals surface area contributed by atoms with E-state index in [2.05, 4.69) is 25.8 Å². The second kappa shape index (κ2) is 12.5. The third-order valence-electron chi connectivity index (χ3n) is 4.48. The number of carbonyl (C=O) groups is 2. The van der Waals surface area contributed by atoms with E-state index in [0.717, 1.165) is 25.9 Å². The maximum atomic E-state index is 13.2. The van der Waals surface area contributed by atoms with Crippen LogP contribution in [0.25, 0.3) is 0 Å². The van der Waals surface area contributed by atoms with Crippen LogP contribution in [0.15, 0.2) is 29.3 Å². The monoisotopic (exact) mass is 505 g/mol. The second-order valence-electron chi connectivity index (χ2n) is 6.54. The number of aliphatic imine (C=N–C) groups is 1. The lowest BCUT2D eigenvalue weighted by Crippen LogP contribution is -2.46. The normalized spacial score (nSPS) is 14.8. The zero-order valence-corrected chi connectivity index (χ0v) is 18.7. The fourth-order valence-corrected chi connectivity index (χ4v) is 3.05. The van der Waals surface area contributed by atoms with Gasteiger partial charge in [-0.2, -0.15) is 0 Å². The van der Waals surface area contributed by atoms with E-state index in [9.17, 15) is 14.0 Å². The second-order valence-corrected chi connectivity index (χ2v) is 6.54. The number of guanidine groups is 1. The van der Waals surface area contributed by atoms with Gasteiger partial charge >= 0.3 is 0 Å². The number of nitrogens with zero attached hydrogens (tertiary/aromatic N) is 2. The number of hydrogen-bond acceptors (Lipinski definition) is 3. The first kappa shape index (κ1) is 24.1. The van der Waals surface area contributed by atoms with E-state index in [0.29, 0.717) is 30.5 Å². The topological polar surface area (TPSA) is 85.8 Å². The Morgan fingerprint density at radius 2 is 1.96 bits per heavy atom. The minimum absolute atomic E-state index is 0. The van der Waals surface area contributed by atoms with Crippen molar-refractivity contribution in [2.24, 2.45) is 10.9 Å². The van der Waals surface area contributed by atoms with Gasteiger partial charge in [0.25, 0.3) is 0 Å². The molecule has 0 unspecified atom stereocenters. The van der Waals surface area contributed by atoms with Crippen molar-refractivity contribution in [3.63, 3.8) is 0 Å². The molecule has 1 aliphatic rings. The highest BCUT2D eigenvalue weighted by Crippen LogP contribution is 2.20. The maximum Gasteiger partial charge on any atom is 0.246 e. The summed E-state index contributed by atoms with van der Waals surface area (Å²) < 4.78 is 13.2. The molecular weight excluding hydrogens is 476 g/mol. The summed E-state index contributed by atoms with van der Waals surface area (Å²) in [7, 11) is 1.66. The number of rotatable bonds is 6. The van der Waals surface area contributed by atoms with Crippen molar-refractivity contribution >= 4 is 47.4 Å². The number of piperidine rings is 1. The smallest absolute Gasteiger partial charge is 0.246 e. The Kier molecular flexibility index (Phi) is 10.8. The molecule has 1 heterocycles. The molecule has 28 heavy (non-hydrogen) atoms. The van der Waals surface area contributed by atoms with Crippen molar-refractivity contribution in [2.45, 2.75) is 26.2 Å². The van der Waals surface area contributed by atoms with E-state index in [4.69, 9.17) is 0 Å². The molecule has 2 rings (SSSR count). The van der Waals surface area contributed by atoms with Gasteiger partial charge in [0.1, 0.15) is 12.4 Å². The number of anilines is 1. The number of carbonyl (C=O) groups excluding carboxylic acids is 2. The Bertz CT molecular complexity index is 678. The highest BCUT2D eigenvalue weighted by atomic mass is 127. The summed E-state index contributed by atoms with van der Waals surface area (Å²) in [5.74, 6) is 0.434. The summed E-state index contributed by atoms with van der Waals surface area (Å²) in [6.45, 7) is 4.21. The molecule has 0 saturated carbocycles. The Labute approximate surface area is 182 Å². The molecule has 9 heteroatoms. The summed E-state index contributed by atoms with van der Waals surface area (Å²) in [6, 6.07) is 5.77. The zero-order valence-electron chi connectivity index (χ0n) is 16.3. The lowest BCUT2D eigenvalue weighted by molar-refractivity contribution is -0.121. The molecule has 1 aromatic rings. The Morgan fingerprint density at radius 3 is 2.57 bits per heavy atom. The number of likely N-dealkylation sites (tertiary alicyclic amines) is 1. The van der Waals surface area contributed by atoms with Gasteiger partial charge in [-0.1, -0.05) is 6.07 Å². The van der Waals surface area contributed by atoms with Gasteiger partial charge in [-0.25, -0.2) is 9.38 Å². The van der Waals surface area contributed by atoms with Crippen LogP contribution in [0.4, 0.5) is 10.1 Å². The first-order valence-electron chi connectivity index (χ1n) is 9.31. The molecule has 156 valence electrons. The van der Waals surface area contributed by atoms with Crippen molar-refractivity contribution in [1.82, 2.24) is 15.5 Å². The van der Waals surface area contributed by atoms with Crippen LogP contribution in [0.2, 0.25) is 0 Å². The van der Waals surface area contributed by atoms with E-state index in [1.54, 1.807) is 19.2 Å². The Morgan fingerprint density at radius 1 is 1.25 bits per heavy atom. The zero-order chi connectivity index (χ0) is 19.6. The predicted octanol–water partition coefficient (Wildman–Crippen LogP) is 2.20. The molecule has 3 N–H and O–H groups in total. The summed E-state index contributed by atoms with van der Waals surface area (Å²) in [5, 5.41) is 8.51. The van der Waals surface area contributed by atoms with Crippen LogP contribution < -0.4 is 16.0 Å². The minimum atomic E-state index is -0.399. The lowest BCUT2D eigenvalue weighted by Gasteiger charge is -2.34. The van der Waals surface area contributed by atoms with Crippen LogP contribution in [-0.2, 0) is 9.59 Å². The van der Waals surface area contributed by atoms with Crippen LogP contribution in [0.5, 0.6) is 0 Å². The third-order valence-corrected chi connectivity index (χ3v) is 4.48. The number of halogens is 2. The molecule has 1 fully saturated rings. The first-order chi connectivity index (χ1) is 13.0. The number of hydrogen-bond donors (Lipinski definition) is 3. The molecule has 0 aliphatic carbocycles. The highest BCUT2D eigenvalue weighted by Gasteiger charge is 2.23. The van der Waals surface area contributed by atoms with Crippen LogP contribution in [-0.4, -0.2) is 55.9 Å². The SMILES string of the molecule is CCNC(=NCC(=O)Nc1cccc(F)c1)N1CCC(CC(=O)NC)CC1.I. The summed E-state index contributed by atoms with van der Waals surface area (Å²) in [4.78, 5) is 30.1. The molecule has 0 spiro atoms. The quantitative estimate of drug-likeness (QED) is 0.315. The van der Waals surface area contributed by atoms with Gasteiger partial charge in [0.2, 0.25) is 11.8 Å². The molecular formula is C19H29FIN5O2. The number of amides is 2. The predicted molar refractivity (Wildman–Crippen MR) is 119 cm³/mol. The van der Waals surface area contributed by atoms with Crippen molar-refractivity contribution < 1.29 is 14.0 Å². The molecule has 0 aromatic heterocycles. The van der Waals surface area contributed by atoms with Crippen LogP contribution in [0.1, 0.15) is 26.2 Å². The van der Waals surface area contributed by atoms with E-state index in [-0.39, 0.29) is 42.3 Å². The molecule has 2 amide bonds. The number of benzene rings is 1. The fourth-order valence-electron chi connectivity index (χ4n) is 3.05. The van der Waals surface area contributed by atoms with E-state index >= 15 is 0 Å². The van der Waals surface area contributed by atoms with Crippen LogP contribution in [0, 0.1) is 11.7 Å². The maximum absolute atomic E-state index is 13.2. The average Bonchev–Trinajstić information content (AvgIpc) is 2.65. The molecule has 0 atom stereocenters. The molecule has 1 aromatic carbocycles. The molecule has 0 radical (unpaired) electrons. The number of nitrogens with one attached hydrogen (secondary N) is 3. The average molecular weight is 505 g/mol. The van der Waals surface area contributed by atoms with E-state index in [1.807, 2.05) is 6.92 Å². The Balaban J connectivity index is 0.00000392. The molecule has 7 nitrogen and oxygen atoms in total. The lowest BCUT2D eigenvalue weighted by atomic mass is 9.93. The third kappa shape index (κ3) is 7.99.